The van der Waals surface area contributed by atoms with E-state index in [1.54, 1.807) is 0 Å². The summed E-state index contributed by atoms with van der Waals surface area (Å²) in [7, 11) is 0. The molecule has 24 heavy (non-hydrogen) atoms. The van der Waals surface area contributed by atoms with Crippen LogP contribution in [0.3, 0.4) is 0 Å². The molecule has 1 aliphatic carbocycles. The van der Waals surface area contributed by atoms with E-state index < -0.39 is 5.60 Å². The van der Waals surface area contributed by atoms with Crippen LogP contribution in [0.4, 0.5) is 5.69 Å². The van der Waals surface area contributed by atoms with Gasteiger partial charge in [0.2, 0.25) is 0 Å². The summed E-state index contributed by atoms with van der Waals surface area (Å²) in [6.45, 7) is 0. The highest BCUT2D eigenvalue weighted by atomic mass is 35.5. The van der Waals surface area contributed by atoms with E-state index >= 15 is 0 Å². The van der Waals surface area contributed by atoms with Gasteiger partial charge in [-0.25, -0.2) is 0 Å². The summed E-state index contributed by atoms with van der Waals surface area (Å²) >= 11 is 11.9. The largest absolute Gasteiger partial charge is 0.382 e. The molecule has 2 aromatic carbocycles. The Bertz CT molecular complexity index is 763. The third kappa shape index (κ3) is 4.68. The van der Waals surface area contributed by atoms with E-state index in [-0.39, 0.29) is 6.04 Å². The molecule has 1 fully saturated rings. The first-order valence-electron chi connectivity index (χ1n) is 8.06. The molecule has 2 aromatic rings. The first-order chi connectivity index (χ1) is 11.5. The summed E-state index contributed by atoms with van der Waals surface area (Å²) in [4.78, 5) is 0. The van der Waals surface area contributed by atoms with Gasteiger partial charge in [0.05, 0.1) is 0 Å². The standard InChI is InChI=1S/C20H19Cl2NO/c21-16-6-8-18(9-7-16)23-19-5-2-11-20(24,14-19)12-10-15-3-1-4-17(22)13-15/h1,3-4,6-9,13,19,23-24H,2,5,11,14H2/t19-,20+/m1/s1. The van der Waals surface area contributed by atoms with Crippen LogP contribution in [0.1, 0.15) is 31.2 Å². The lowest BCUT2D eigenvalue weighted by Crippen LogP contribution is -2.39. The van der Waals surface area contributed by atoms with E-state index in [2.05, 4.69) is 17.2 Å². The molecule has 0 unspecified atom stereocenters. The number of halogens is 2. The van der Waals surface area contributed by atoms with Gasteiger partial charge in [0, 0.05) is 33.8 Å². The van der Waals surface area contributed by atoms with Gasteiger partial charge >= 0.3 is 0 Å². The first kappa shape index (κ1) is 17.2. The minimum absolute atomic E-state index is 0.193. The Balaban J connectivity index is 1.69. The first-order valence-corrected chi connectivity index (χ1v) is 8.81. The van der Waals surface area contributed by atoms with E-state index in [0.717, 1.165) is 24.1 Å². The van der Waals surface area contributed by atoms with Crippen LogP contribution in [0, 0.1) is 11.8 Å². The Kier molecular flexibility index (Phi) is 5.36. The molecule has 0 saturated heterocycles. The number of hydrogen-bond acceptors (Lipinski definition) is 2. The SMILES string of the molecule is O[C@]1(C#Cc2cccc(Cl)c2)CCC[C@@H](Nc2ccc(Cl)cc2)C1. The van der Waals surface area contributed by atoms with Gasteiger partial charge in [-0.15, -0.1) is 0 Å². The highest BCUT2D eigenvalue weighted by Crippen LogP contribution is 2.30. The smallest absolute Gasteiger partial charge is 0.127 e. The van der Waals surface area contributed by atoms with Gasteiger partial charge in [0.1, 0.15) is 5.60 Å². The van der Waals surface area contributed by atoms with Crippen LogP contribution in [-0.4, -0.2) is 16.7 Å². The molecule has 2 nitrogen and oxygen atoms in total. The van der Waals surface area contributed by atoms with Crippen molar-refractivity contribution < 1.29 is 5.11 Å². The van der Waals surface area contributed by atoms with Gasteiger partial charge in [0.15, 0.2) is 0 Å². The minimum atomic E-state index is -0.968. The predicted octanol–water partition coefficient (Wildman–Crippen LogP) is 5.13. The molecule has 0 heterocycles. The molecule has 3 rings (SSSR count). The molecule has 0 aromatic heterocycles. The van der Waals surface area contributed by atoms with Gasteiger partial charge in [-0.05, 0) is 61.7 Å². The summed E-state index contributed by atoms with van der Waals surface area (Å²) in [6.07, 6.45) is 3.25. The summed E-state index contributed by atoms with van der Waals surface area (Å²) in [5.41, 5.74) is 0.866. The molecule has 1 aliphatic rings. The van der Waals surface area contributed by atoms with E-state index in [1.807, 2.05) is 48.5 Å². The van der Waals surface area contributed by atoms with Crippen LogP contribution < -0.4 is 5.32 Å². The Hall–Kier alpha value is -1.66. The summed E-state index contributed by atoms with van der Waals surface area (Å²) in [5.74, 6) is 6.11. The van der Waals surface area contributed by atoms with Crippen LogP contribution in [0.2, 0.25) is 10.0 Å². The zero-order valence-corrected chi connectivity index (χ0v) is 14.7. The molecule has 2 atom stereocenters. The number of aliphatic hydroxyl groups is 1. The fraction of sp³-hybridized carbons (Fsp3) is 0.300. The van der Waals surface area contributed by atoms with Gasteiger partial charge in [-0.1, -0.05) is 41.1 Å². The zero-order valence-electron chi connectivity index (χ0n) is 13.2. The van der Waals surface area contributed by atoms with Crippen molar-refractivity contribution in [2.24, 2.45) is 0 Å². The van der Waals surface area contributed by atoms with Gasteiger partial charge in [-0.3, -0.25) is 0 Å². The van der Waals surface area contributed by atoms with E-state index in [0.29, 0.717) is 22.9 Å². The van der Waals surface area contributed by atoms with Crippen molar-refractivity contribution in [2.75, 3.05) is 5.32 Å². The van der Waals surface area contributed by atoms with Gasteiger partial charge < -0.3 is 10.4 Å². The van der Waals surface area contributed by atoms with E-state index in [9.17, 15) is 5.11 Å². The van der Waals surface area contributed by atoms with Gasteiger partial charge in [-0.2, -0.15) is 0 Å². The van der Waals surface area contributed by atoms with Crippen LogP contribution in [0.25, 0.3) is 0 Å². The minimum Gasteiger partial charge on any atom is -0.382 e. The quantitative estimate of drug-likeness (QED) is 0.728. The van der Waals surface area contributed by atoms with Crippen molar-refractivity contribution in [1.29, 1.82) is 0 Å². The Labute approximate surface area is 152 Å². The number of anilines is 1. The lowest BCUT2D eigenvalue weighted by molar-refractivity contribution is 0.0561. The van der Waals surface area contributed by atoms with Crippen molar-refractivity contribution in [3.63, 3.8) is 0 Å². The summed E-state index contributed by atoms with van der Waals surface area (Å²) < 4.78 is 0. The monoisotopic (exact) mass is 359 g/mol. The zero-order chi connectivity index (χ0) is 17.0. The third-order valence-corrected chi connectivity index (χ3v) is 4.69. The average Bonchev–Trinajstić information content (AvgIpc) is 2.56. The van der Waals surface area contributed by atoms with Crippen LogP contribution >= 0.6 is 23.2 Å². The Morgan fingerprint density at radius 2 is 1.88 bits per heavy atom. The summed E-state index contributed by atoms with van der Waals surface area (Å²) in [5, 5.41) is 15.7. The second-order valence-electron chi connectivity index (χ2n) is 6.24. The lowest BCUT2D eigenvalue weighted by atomic mass is 9.82. The molecule has 2 N–H and O–H groups in total. The van der Waals surface area contributed by atoms with Crippen molar-refractivity contribution >= 4 is 28.9 Å². The van der Waals surface area contributed by atoms with E-state index in [4.69, 9.17) is 23.2 Å². The normalized spacial score (nSPS) is 23.2. The van der Waals surface area contributed by atoms with Crippen LogP contribution in [0.15, 0.2) is 48.5 Å². The van der Waals surface area contributed by atoms with E-state index in [1.165, 1.54) is 0 Å². The van der Waals surface area contributed by atoms with Crippen molar-refractivity contribution in [3.05, 3.63) is 64.1 Å². The molecule has 0 bridgehead atoms. The third-order valence-electron chi connectivity index (χ3n) is 4.21. The molecule has 0 aliphatic heterocycles. The number of hydrogen-bond donors (Lipinski definition) is 2. The maximum atomic E-state index is 10.8. The maximum absolute atomic E-state index is 10.8. The predicted molar refractivity (Wildman–Crippen MR) is 101 cm³/mol. The molecular formula is C20H19Cl2NO. The molecule has 4 heteroatoms. The van der Waals surface area contributed by atoms with Crippen molar-refractivity contribution in [2.45, 2.75) is 37.3 Å². The van der Waals surface area contributed by atoms with Crippen molar-refractivity contribution in [3.8, 4) is 11.8 Å². The second kappa shape index (κ2) is 7.49. The number of nitrogens with one attached hydrogen (secondary N) is 1. The highest BCUT2D eigenvalue weighted by Gasteiger charge is 2.32. The number of rotatable bonds is 2. The lowest BCUT2D eigenvalue weighted by Gasteiger charge is -2.34. The Morgan fingerprint density at radius 1 is 1.08 bits per heavy atom. The molecule has 0 amide bonds. The van der Waals surface area contributed by atoms with Crippen LogP contribution in [0.5, 0.6) is 0 Å². The Morgan fingerprint density at radius 3 is 2.62 bits per heavy atom. The summed E-state index contributed by atoms with van der Waals surface area (Å²) in [6, 6.07) is 15.2. The van der Waals surface area contributed by atoms with Crippen molar-refractivity contribution in [1.82, 2.24) is 0 Å². The topological polar surface area (TPSA) is 32.3 Å². The number of benzene rings is 2. The maximum Gasteiger partial charge on any atom is 0.127 e. The van der Waals surface area contributed by atoms with Gasteiger partial charge in [0.25, 0.3) is 0 Å². The molecule has 124 valence electrons. The fourth-order valence-corrected chi connectivity index (χ4v) is 3.34. The second-order valence-corrected chi connectivity index (χ2v) is 7.11. The molecule has 1 saturated carbocycles. The molecule has 0 spiro atoms. The average molecular weight is 360 g/mol. The highest BCUT2D eigenvalue weighted by molar-refractivity contribution is 6.30. The fourth-order valence-electron chi connectivity index (χ4n) is 3.03. The molecule has 0 radical (unpaired) electrons. The molecular weight excluding hydrogens is 341 g/mol. The van der Waals surface area contributed by atoms with Crippen LogP contribution in [-0.2, 0) is 0 Å².